The maximum Gasteiger partial charge on any atom is 0.271 e. The van der Waals surface area contributed by atoms with E-state index in [1.165, 1.54) is 6.21 Å². The molecule has 5 nitrogen and oxygen atoms in total. The number of carbonyl (C=O) groups is 1. The molecule has 0 aliphatic rings. The summed E-state index contributed by atoms with van der Waals surface area (Å²) in [4.78, 5) is 12.3. The van der Waals surface area contributed by atoms with Crippen LogP contribution < -0.4 is 14.9 Å². The van der Waals surface area contributed by atoms with Crippen LogP contribution in [0.4, 0.5) is 0 Å². The highest BCUT2D eigenvalue weighted by Crippen LogP contribution is 2.22. The number of hydrogen-bond donors (Lipinski definition) is 1. The van der Waals surface area contributed by atoms with Gasteiger partial charge in [0.2, 0.25) is 0 Å². The van der Waals surface area contributed by atoms with Crippen LogP contribution in [0.25, 0.3) is 0 Å². The fourth-order valence-corrected chi connectivity index (χ4v) is 3.08. The van der Waals surface area contributed by atoms with E-state index in [9.17, 15) is 4.79 Å². The third-order valence-corrected chi connectivity index (χ3v) is 4.88. The molecule has 7 heteroatoms. The second-order valence-electron chi connectivity index (χ2n) is 6.42. The number of nitrogens with one attached hydrogen (secondary N) is 1. The first-order chi connectivity index (χ1) is 15.0. The lowest BCUT2D eigenvalue weighted by Gasteiger charge is -2.08. The summed E-state index contributed by atoms with van der Waals surface area (Å²) in [5.74, 6) is 0.973. The summed E-state index contributed by atoms with van der Waals surface area (Å²) < 4.78 is 12.2. The topological polar surface area (TPSA) is 59.9 Å². The van der Waals surface area contributed by atoms with Gasteiger partial charge in [-0.05, 0) is 60.2 Å². The van der Waals surface area contributed by atoms with Gasteiger partial charge in [0.25, 0.3) is 5.91 Å². The van der Waals surface area contributed by atoms with Crippen LogP contribution in [0.3, 0.4) is 0 Å². The third-order valence-electron chi connectivity index (χ3n) is 4.13. The predicted molar refractivity (Wildman–Crippen MR) is 127 cm³/mol. The van der Waals surface area contributed by atoms with Crippen LogP contribution in [-0.4, -0.2) is 18.7 Å². The molecule has 3 aromatic carbocycles. The standard InChI is InChI=1S/C24H20BrClN2O3/c1-2-13-30-23-12-7-20(25)14-19(23)15-27-28-24(29)18-5-10-22(11-6-18)31-16-17-3-8-21(26)9-4-17/h2-12,14-15H,1,13,16H2,(H,28,29)/b27-15-. The summed E-state index contributed by atoms with van der Waals surface area (Å²) in [6.45, 7) is 4.43. The lowest BCUT2D eigenvalue weighted by molar-refractivity contribution is 0.0955. The van der Waals surface area contributed by atoms with Crippen LogP contribution in [0, 0.1) is 0 Å². The second kappa shape index (κ2) is 11.3. The lowest BCUT2D eigenvalue weighted by Crippen LogP contribution is -2.17. The van der Waals surface area contributed by atoms with Crippen LogP contribution in [0.15, 0.2) is 89.0 Å². The van der Waals surface area contributed by atoms with Crippen molar-refractivity contribution in [3.05, 3.63) is 106 Å². The van der Waals surface area contributed by atoms with Crippen molar-refractivity contribution >= 4 is 39.7 Å². The smallest absolute Gasteiger partial charge is 0.271 e. The molecule has 31 heavy (non-hydrogen) atoms. The summed E-state index contributed by atoms with van der Waals surface area (Å²) in [6.07, 6.45) is 3.19. The maximum absolute atomic E-state index is 12.3. The summed E-state index contributed by atoms with van der Waals surface area (Å²) in [6, 6.07) is 19.8. The molecule has 0 aliphatic carbocycles. The van der Waals surface area contributed by atoms with Crippen LogP contribution >= 0.6 is 27.5 Å². The Labute approximate surface area is 194 Å². The monoisotopic (exact) mass is 498 g/mol. The van der Waals surface area contributed by atoms with Crippen molar-refractivity contribution in [1.82, 2.24) is 5.43 Å². The first kappa shape index (κ1) is 22.6. The largest absolute Gasteiger partial charge is 0.489 e. The average molecular weight is 500 g/mol. The summed E-state index contributed by atoms with van der Waals surface area (Å²) in [5, 5.41) is 4.72. The summed E-state index contributed by atoms with van der Waals surface area (Å²) in [5.41, 5.74) is 4.71. The Morgan fingerprint density at radius 2 is 1.81 bits per heavy atom. The quantitative estimate of drug-likeness (QED) is 0.223. The van der Waals surface area contributed by atoms with Gasteiger partial charge in [-0.3, -0.25) is 4.79 Å². The van der Waals surface area contributed by atoms with Gasteiger partial charge in [-0.2, -0.15) is 5.10 Å². The van der Waals surface area contributed by atoms with Crippen molar-refractivity contribution in [2.24, 2.45) is 5.10 Å². The normalized spacial score (nSPS) is 10.6. The van der Waals surface area contributed by atoms with E-state index < -0.39 is 0 Å². The number of halogens is 2. The first-order valence-electron chi connectivity index (χ1n) is 9.39. The molecular formula is C24H20BrClN2O3. The number of amides is 1. The van der Waals surface area contributed by atoms with Gasteiger partial charge in [-0.25, -0.2) is 5.43 Å². The van der Waals surface area contributed by atoms with E-state index in [-0.39, 0.29) is 5.91 Å². The van der Waals surface area contributed by atoms with Crippen molar-refractivity contribution in [3.63, 3.8) is 0 Å². The minimum absolute atomic E-state index is 0.330. The van der Waals surface area contributed by atoms with Crippen LogP contribution in [-0.2, 0) is 6.61 Å². The number of hydrazone groups is 1. The van der Waals surface area contributed by atoms with E-state index in [1.54, 1.807) is 30.3 Å². The van der Waals surface area contributed by atoms with E-state index in [0.717, 1.165) is 15.6 Å². The van der Waals surface area contributed by atoms with Crippen LogP contribution in [0.2, 0.25) is 5.02 Å². The van der Waals surface area contributed by atoms with E-state index in [4.69, 9.17) is 21.1 Å². The SMILES string of the molecule is C=CCOc1ccc(Br)cc1/C=N\NC(=O)c1ccc(OCc2ccc(Cl)cc2)cc1. The van der Waals surface area contributed by atoms with Crippen molar-refractivity contribution in [3.8, 4) is 11.5 Å². The Bertz CT molecular complexity index is 1070. The fourth-order valence-electron chi connectivity index (χ4n) is 2.58. The summed E-state index contributed by atoms with van der Waals surface area (Å²) in [7, 11) is 0. The third kappa shape index (κ3) is 6.98. The molecule has 158 valence electrons. The molecular weight excluding hydrogens is 480 g/mol. The van der Waals surface area contributed by atoms with Crippen molar-refractivity contribution in [1.29, 1.82) is 0 Å². The Morgan fingerprint density at radius 1 is 1.06 bits per heavy atom. The van der Waals surface area contributed by atoms with Gasteiger partial charge < -0.3 is 9.47 Å². The number of ether oxygens (including phenoxy) is 2. The minimum Gasteiger partial charge on any atom is -0.489 e. The van der Waals surface area contributed by atoms with Gasteiger partial charge >= 0.3 is 0 Å². The lowest BCUT2D eigenvalue weighted by atomic mass is 10.2. The molecule has 0 radical (unpaired) electrons. The Morgan fingerprint density at radius 3 is 2.52 bits per heavy atom. The van der Waals surface area contributed by atoms with Gasteiger partial charge in [0.15, 0.2) is 0 Å². The molecule has 1 N–H and O–H groups in total. The second-order valence-corrected chi connectivity index (χ2v) is 7.77. The van der Waals surface area contributed by atoms with Crippen molar-refractivity contribution in [2.45, 2.75) is 6.61 Å². The Hall–Kier alpha value is -3.09. The average Bonchev–Trinajstić information content (AvgIpc) is 2.78. The molecule has 3 aromatic rings. The highest BCUT2D eigenvalue weighted by Gasteiger charge is 2.06. The van der Waals surface area contributed by atoms with Gasteiger partial charge in [-0.1, -0.05) is 52.3 Å². The zero-order valence-corrected chi connectivity index (χ0v) is 18.9. The number of benzene rings is 3. The zero-order valence-electron chi connectivity index (χ0n) is 16.6. The predicted octanol–water partition coefficient (Wildman–Crippen LogP) is 6.01. The molecule has 0 heterocycles. The van der Waals surface area contributed by atoms with E-state index >= 15 is 0 Å². The van der Waals surface area contributed by atoms with Crippen molar-refractivity contribution in [2.75, 3.05) is 6.61 Å². The van der Waals surface area contributed by atoms with Gasteiger partial charge in [0.05, 0.1) is 6.21 Å². The fraction of sp³-hybridized carbons (Fsp3) is 0.0833. The highest BCUT2D eigenvalue weighted by molar-refractivity contribution is 9.10. The highest BCUT2D eigenvalue weighted by atomic mass is 79.9. The minimum atomic E-state index is -0.330. The van der Waals surface area contributed by atoms with Crippen molar-refractivity contribution < 1.29 is 14.3 Å². The molecule has 0 aliphatic heterocycles. The number of hydrogen-bond acceptors (Lipinski definition) is 4. The molecule has 0 fully saturated rings. The van der Waals surface area contributed by atoms with E-state index in [2.05, 4.69) is 33.0 Å². The molecule has 0 saturated heterocycles. The molecule has 0 atom stereocenters. The first-order valence-corrected chi connectivity index (χ1v) is 10.6. The van der Waals surface area contributed by atoms with E-state index in [0.29, 0.717) is 35.3 Å². The zero-order chi connectivity index (χ0) is 22.1. The Balaban J connectivity index is 1.56. The van der Waals surface area contributed by atoms with Crippen LogP contribution in [0.1, 0.15) is 21.5 Å². The summed E-state index contributed by atoms with van der Waals surface area (Å²) >= 11 is 9.30. The molecule has 0 bridgehead atoms. The number of carbonyl (C=O) groups excluding carboxylic acids is 1. The van der Waals surface area contributed by atoms with Gasteiger partial charge in [-0.15, -0.1) is 0 Å². The molecule has 0 unspecified atom stereocenters. The van der Waals surface area contributed by atoms with E-state index in [1.807, 2.05) is 42.5 Å². The molecule has 1 amide bonds. The molecule has 0 saturated carbocycles. The van der Waals surface area contributed by atoms with Crippen LogP contribution in [0.5, 0.6) is 11.5 Å². The van der Waals surface area contributed by atoms with Gasteiger partial charge in [0.1, 0.15) is 24.7 Å². The van der Waals surface area contributed by atoms with Gasteiger partial charge in [0, 0.05) is 20.6 Å². The molecule has 3 rings (SSSR count). The number of rotatable bonds is 9. The molecule has 0 spiro atoms. The number of nitrogens with zero attached hydrogens (tertiary/aromatic N) is 1. The Kier molecular flexibility index (Phi) is 8.27. The molecule has 0 aromatic heterocycles. The maximum atomic E-state index is 12.3.